The molecule has 104 valence electrons. The molecule has 18 heavy (non-hydrogen) atoms. The first-order valence-corrected chi connectivity index (χ1v) is 7.84. The molecule has 0 aromatic carbocycles. The summed E-state index contributed by atoms with van der Waals surface area (Å²) in [4.78, 5) is 0. The van der Waals surface area contributed by atoms with E-state index < -0.39 is 10.0 Å². The number of alkyl halides is 1. The first kappa shape index (κ1) is 15.3. The van der Waals surface area contributed by atoms with Crippen LogP contribution in [-0.4, -0.2) is 43.5 Å². The Kier molecular flexibility index (Phi) is 6.45. The van der Waals surface area contributed by atoms with Crippen LogP contribution in [0, 0.1) is 0 Å². The van der Waals surface area contributed by atoms with Crippen molar-refractivity contribution in [2.24, 2.45) is 0 Å². The highest BCUT2D eigenvalue weighted by molar-refractivity contribution is 7.92. The van der Waals surface area contributed by atoms with Crippen molar-refractivity contribution in [1.29, 1.82) is 0 Å². The molecule has 0 fully saturated rings. The average Bonchev–Trinajstić information content (AvgIpc) is 2.73. The highest BCUT2D eigenvalue weighted by Gasteiger charge is 2.11. The lowest BCUT2D eigenvalue weighted by atomic mass is 10.4. The van der Waals surface area contributed by atoms with Gasteiger partial charge in [0.25, 0.3) is 0 Å². The fourth-order valence-corrected chi connectivity index (χ4v) is 2.68. The number of anilines is 1. The van der Waals surface area contributed by atoms with Gasteiger partial charge in [0.05, 0.1) is 30.8 Å². The van der Waals surface area contributed by atoms with Gasteiger partial charge in [-0.1, -0.05) is 0 Å². The fraction of sp³-hybridized carbons (Fsp3) is 0.700. The van der Waals surface area contributed by atoms with Crippen molar-refractivity contribution >= 4 is 27.3 Å². The second-order valence-corrected chi connectivity index (χ2v) is 6.02. The zero-order valence-electron chi connectivity index (χ0n) is 10.3. The minimum atomic E-state index is -3.31. The fourth-order valence-electron chi connectivity index (χ4n) is 1.34. The number of sulfonamides is 1. The first-order valence-electron chi connectivity index (χ1n) is 5.65. The summed E-state index contributed by atoms with van der Waals surface area (Å²) in [6.45, 7) is 1.12. The summed E-state index contributed by atoms with van der Waals surface area (Å²) in [6.07, 6.45) is 4.36. The van der Waals surface area contributed by atoms with Gasteiger partial charge >= 0.3 is 0 Å². The zero-order chi connectivity index (χ0) is 13.4. The number of methoxy groups -OCH3 is 1. The van der Waals surface area contributed by atoms with Crippen LogP contribution in [0.2, 0.25) is 0 Å². The molecule has 0 aliphatic heterocycles. The quantitative estimate of drug-likeness (QED) is 0.550. The van der Waals surface area contributed by atoms with Gasteiger partial charge in [0.1, 0.15) is 0 Å². The van der Waals surface area contributed by atoms with E-state index in [1.165, 1.54) is 6.20 Å². The maximum Gasteiger partial charge on any atom is 0.232 e. The number of hydrogen-bond donors (Lipinski definition) is 1. The molecule has 0 bridgehead atoms. The summed E-state index contributed by atoms with van der Waals surface area (Å²) < 4.78 is 32.4. The number of unbranched alkanes of at least 4 members (excludes halogenated alkanes) is 1. The Morgan fingerprint density at radius 2 is 2.28 bits per heavy atom. The Morgan fingerprint density at radius 1 is 1.50 bits per heavy atom. The third kappa shape index (κ3) is 5.70. The van der Waals surface area contributed by atoms with Crippen LogP contribution >= 0.6 is 11.6 Å². The van der Waals surface area contributed by atoms with Crippen LogP contribution in [-0.2, 0) is 21.3 Å². The monoisotopic (exact) mass is 295 g/mol. The molecular formula is C10H18ClN3O3S. The van der Waals surface area contributed by atoms with E-state index in [0.717, 1.165) is 0 Å². The number of ether oxygens (including phenoxy) is 1. The Balaban J connectivity index is 2.48. The SMILES string of the molecule is COCCn1cc(NS(=O)(=O)CCCCCl)cn1. The minimum absolute atomic E-state index is 0.0724. The highest BCUT2D eigenvalue weighted by Crippen LogP contribution is 2.09. The third-order valence-corrected chi connectivity index (χ3v) is 3.87. The molecule has 0 amide bonds. The Morgan fingerprint density at radius 3 is 2.94 bits per heavy atom. The zero-order valence-corrected chi connectivity index (χ0v) is 11.9. The maximum absolute atomic E-state index is 11.7. The topological polar surface area (TPSA) is 73.2 Å². The highest BCUT2D eigenvalue weighted by atomic mass is 35.5. The van der Waals surface area contributed by atoms with Gasteiger partial charge in [0.2, 0.25) is 10.0 Å². The lowest BCUT2D eigenvalue weighted by molar-refractivity contribution is 0.183. The van der Waals surface area contributed by atoms with E-state index >= 15 is 0 Å². The number of halogens is 1. The lowest BCUT2D eigenvalue weighted by Gasteiger charge is -2.04. The molecule has 0 saturated heterocycles. The predicted molar refractivity (Wildman–Crippen MR) is 71.5 cm³/mol. The molecule has 8 heteroatoms. The smallest absolute Gasteiger partial charge is 0.232 e. The van der Waals surface area contributed by atoms with E-state index in [1.807, 2.05) is 0 Å². The molecule has 1 N–H and O–H groups in total. The average molecular weight is 296 g/mol. The van der Waals surface area contributed by atoms with Crippen molar-refractivity contribution in [3.63, 3.8) is 0 Å². The molecule has 0 radical (unpaired) electrons. The molecule has 0 saturated carbocycles. The van der Waals surface area contributed by atoms with Crippen molar-refractivity contribution in [3.8, 4) is 0 Å². The summed E-state index contributed by atoms with van der Waals surface area (Å²) in [6, 6.07) is 0. The number of hydrogen-bond acceptors (Lipinski definition) is 4. The van der Waals surface area contributed by atoms with Crippen molar-refractivity contribution < 1.29 is 13.2 Å². The molecule has 0 unspecified atom stereocenters. The summed E-state index contributed by atoms with van der Waals surface area (Å²) >= 11 is 5.50. The normalized spacial score (nSPS) is 11.7. The molecule has 6 nitrogen and oxygen atoms in total. The molecule has 1 heterocycles. The van der Waals surface area contributed by atoms with Crippen molar-refractivity contribution in [1.82, 2.24) is 9.78 Å². The van der Waals surface area contributed by atoms with Gasteiger partial charge in [-0.05, 0) is 12.8 Å². The van der Waals surface area contributed by atoms with Gasteiger partial charge in [-0.3, -0.25) is 9.40 Å². The maximum atomic E-state index is 11.7. The van der Waals surface area contributed by atoms with Crippen LogP contribution in [0.4, 0.5) is 5.69 Å². The van der Waals surface area contributed by atoms with Crippen LogP contribution in [0.1, 0.15) is 12.8 Å². The molecule has 1 aromatic heterocycles. The van der Waals surface area contributed by atoms with Crippen LogP contribution < -0.4 is 4.72 Å². The summed E-state index contributed by atoms with van der Waals surface area (Å²) in [5.41, 5.74) is 0.469. The second-order valence-electron chi connectivity index (χ2n) is 3.80. The number of nitrogens with one attached hydrogen (secondary N) is 1. The Labute approximate surface area is 112 Å². The van der Waals surface area contributed by atoms with E-state index in [1.54, 1.807) is 18.0 Å². The first-order chi connectivity index (χ1) is 8.57. The van der Waals surface area contributed by atoms with Crippen molar-refractivity contribution in [2.45, 2.75) is 19.4 Å². The molecule has 0 atom stereocenters. The van der Waals surface area contributed by atoms with Crippen LogP contribution in [0.3, 0.4) is 0 Å². The summed E-state index contributed by atoms with van der Waals surface area (Å²) in [5.74, 6) is 0.549. The minimum Gasteiger partial charge on any atom is -0.383 e. The van der Waals surface area contributed by atoms with Gasteiger partial charge in [0, 0.05) is 19.2 Å². The Hall–Kier alpha value is -0.790. The predicted octanol–water partition coefficient (Wildman–Crippen LogP) is 1.29. The van der Waals surface area contributed by atoms with Gasteiger partial charge in [-0.25, -0.2) is 8.42 Å². The van der Waals surface area contributed by atoms with E-state index in [2.05, 4.69) is 9.82 Å². The molecule has 0 spiro atoms. The van der Waals surface area contributed by atoms with Crippen LogP contribution in [0.5, 0.6) is 0 Å². The molecule has 0 aliphatic rings. The van der Waals surface area contributed by atoms with E-state index in [4.69, 9.17) is 16.3 Å². The Bertz CT molecular complexity index is 447. The van der Waals surface area contributed by atoms with Crippen LogP contribution in [0.25, 0.3) is 0 Å². The van der Waals surface area contributed by atoms with Crippen molar-refractivity contribution in [3.05, 3.63) is 12.4 Å². The van der Waals surface area contributed by atoms with Crippen LogP contribution in [0.15, 0.2) is 12.4 Å². The van der Waals surface area contributed by atoms with E-state index in [-0.39, 0.29) is 5.75 Å². The van der Waals surface area contributed by atoms with Crippen molar-refractivity contribution in [2.75, 3.05) is 30.1 Å². The largest absolute Gasteiger partial charge is 0.383 e. The number of rotatable bonds is 9. The third-order valence-electron chi connectivity index (χ3n) is 2.23. The molecule has 1 aromatic rings. The summed E-state index contributed by atoms with van der Waals surface area (Å²) in [7, 11) is -1.71. The van der Waals surface area contributed by atoms with E-state index in [0.29, 0.717) is 37.6 Å². The number of aromatic nitrogens is 2. The molecular weight excluding hydrogens is 278 g/mol. The second kappa shape index (κ2) is 7.60. The van der Waals surface area contributed by atoms with Gasteiger partial charge < -0.3 is 4.74 Å². The summed E-state index contributed by atoms with van der Waals surface area (Å²) in [5, 5.41) is 4.02. The van der Waals surface area contributed by atoms with E-state index in [9.17, 15) is 8.42 Å². The lowest BCUT2D eigenvalue weighted by Crippen LogP contribution is -2.16. The van der Waals surface area contributed by atoms with Gasteiger partial charge in [0.15, 0.2) is 0 Å². The van der Waals surface area contributed by atoms with Gasteiger partial charge in [-0.2, -0.15) is 5.10 Å². The standard InChI is InChI=1S/C10H18ClN3O3S/c1-17-6-5-14-9-10(8-12-14)13-18(15,16)7-3-2-4-11/h8-9,13H,2-7H2,1H3. The molecule has 0 aliphatic carbocycles. The molecule has 1 rings (SSSR count). The van der Waals surface area contributed by atoms with Gasteiger partial charge in [-0.15, -0.1) is 11.6 Å². The number of nitrogens with zero attached hydrogens (tertiary/aromatic N) is 2.